The molecule has 0 fully saturated rings. The molecule has 2 N–H and O–H groups in total. The third-order valence-electron chi connectivity index (χ3n) is 3.42. The Balaban J connectivity index is 1.98. The number of carboxylic acid groups (broad SMARTS) is 1. The Bertz CT molecular complexity index is 868. The molecule has 1 aromatic carbocycles. The molecule has 5 heteroatoms. The summed E-state index contributed by atoms with van der Waals surface area (Å²) in [6.45, 7) is 0. The second kappa shape index (κ2) is 6.03. The van der Waals surface area contributed by atoms with E-state index in [1.165, 1.54) is 6.08 Å². The van der Waals surface area contributed by atoms with Gasteiger partial charge in [-0.2, -0.15) is 0 Å². The van der Waals surface area contributed by atoms with Crippen molar-refractivity contribution in [2.24, 2.45) is 0 Å². The van der Waals surface area contributed by atoms with E-state index in [0.717, 1.165) is 28.1 Å². The van der Waals surface area contributed by atoms with Crippen molar-refractivity contribution < 1.29 is 9.90 Å². The topological polar surface area (TPSA) is 66.0 Å². The zero-order valence-electron chi connectivity index (χ0n) is 11.6. The lowest BCUT2D eigenvalue weighted by atomic mass is 10.0. The number of carbonyl (C=O) groups is 1. The number of hydrogen-bond acceptors (Lipinski definition) is 2. The average Bonchev–Trinajstić information content (AvgIpc) is 2.89. The molecule has 3 rings (SSSR count). The van der Waals surface area contributed by atoms with Crippen LogP contribution < -0.4 is 0 Å². The van der Waals surface area contributed by atoms with E-state index in [1.54, 1.807) is 6.20 Å². The molecule has 0 aliphatic rings. The Morgan fingerprint density at radius 3 is 3.00 bits per heavy atom. The Hall–Kier alpha value is -2.59. The van der Waals surface area contributed by atoms with E-state index in [4.69, 9.17) is 16.7 Å². The second-order valence-electron chi connectivity index (χ2n) is 4.90. The Kier molecular flexibility index (Phi) is 3.94. The zero-order valence-corrected chi connectivity index (χ0v) is 12.3. The quantitative estimate of drug-likeness (QED) is 0.718. The number of nitrogens with zero attached hydrogens (tertiary/aromatic N) is 1. The molecule has 0 unspecified atom stereocenters. The van der Waals surface area contributed by atoms with Gasteiger partial charge in [-0.15, -0.1) is 0 Å². The van der Waals surface area contributed by atoms with Crippen molar-refractivity contribution in [3.05, 3.63) is 70.6 Å². The summed E-state index contributed by atoms with van der Waals surface area (Å²) in [5.41, 5.74) is 3.73. The van der Waals surface area contributed by atoms with Crippen LogP contribution in [0.25, 0.3) is 17.0 Å². The first kappa shape index (κ1) is 14.4. The summed E-state index contributed by atoms with van der Waals surface area (Å²) < 4.78 is 0. The maximum atomic E-state index is 10.7. The number of rotatable bonds is 4. The highest BCUT2D eigenvalue weighted by molar-refractivity contribution is 6.31. The van der Waals surface area contributed by atoms with Crippen LogP contribution in [0.2, 0.25) is 5.02 Å². The van der Waals surface area contributed by atoms with Gasteiger partial charge in [0.05, 0.1) is 5.69 Å². The maximum Gasteiger partial charge on any atom is 0.328 e. The fraction of sp³-hybridized carbons (Fsp3) is 0.0588. The van der Waals surface area contributed by atoms with Gasteiger partial charge in [-0.25, -0.2) is 4.79 Å². The van der Waals surface area contributed by atoms with Gasteiger partial charge in [0.25, 0.3) is 0 Å². The highest BCUT2D eigenvalue weighted by Crippen LogP contribution is 2.25. The summed E-state index contributed by atoms with van der Waals surface area (Å²) in [6.07, 6.45) is 6.85. The van der Waals surface area contributed by atoms with E-state index < -0.39 is 5.97 Å². The average molecular weight is 313 g/mol. The van der Waals surface area contributed by atoms with Crippen molar-refractivity contribution in [1.82, 2.24) is 9.97 Å². The van der Waals surface area contributed by atoms with Crippen LogP contribution in [0, 0.1) is 0 Å². The fourth-order valence-electron chi connectivity index (χ4n) is 2.40. The van der Waals surface area contributed by atoms with Crippen LogP contribution in [-0.4, -0.2) is 21.0 Å². The molecule has 0 aliphatic carbocycles. The third-order valence-corrected chi connectivity index (χ3v) is 3.66. The largest absolute Gasteiger partial charge is 0.478 e. The summed E-state index contributed by atoms with van der Waals surface area (Å²) >= 11 is 6.06. The number of aromatic nitrogens is 2. The predicted molar refractivity (Wildman–Crippen MR) is 87.0 cm³/mol. The maximum absolute atomic E-state index is 10.7. The summed E-state index contributed by atoms with van der Waals surface area (Å²) in [7, 11) is 0. The Labute approximate surface area is 132 Å². The van der Waals surface area contributed by atoms with Crippen molar-refractivity contribution >= 4 is 34.5 Å². The third kappa shape index (κ3) is 3.02. The molecule has 3 aromatic rings. The minimum absolute atomic E-state index is 0.646. The second-order valence-corrected chi connectivity index (χ2v) is 5.34. The molecule has 0 saturated heterocycles. The van der Waals surface area contributed by atoms with E-state index in [1.807, 2.05) is 36.5 Å². The number of hydrogen-bond donors (Lipinski definition) is 2. The summed E-state index contributed by atoms with van der Waals surface area (Å²) in [6, 6.07) is 9.49. The van der Waals surface area contributed by atoms with Crippen LogP contribution >= 0.6 is 11.6 Å². The number of aromatic amines is 1. The highest BCUT2D eigenvalue weighted by Gasteiger charge is 2.08. The van der Waals surface area contributed by atoms with Gasteiger partial charge >= 0.3 is 5.97 Å². The molecule has 22 heavy (non-hydrogen) atoms. The molecule has 0 radical (unpaired) electrons. The van der Waals surface area contributed by atoms with Gasteiger partial charge < -0.3 is 10.1 Å². The van der Waals surface area contributed by atoms with Crippen LogP contribution in [0.1, 0.15) is 16.8 Å². The standard InChI is InChI=1S/C17H13ClN2O2/c18-13-3-4-16-14(9-13)12(10-20-16)8-11-2-1-7-19-15(11)5-6-17(21)22/h1-7,9-10,20H,8H2,(H,21,22)/b6-5+. The molecule has 0 aliphatic heterocycles. The van der Waals surface area contributed by atoms with Gasteiger partial charge in [-0.05, 0) is 41.5 Å². The molecule has 0 saturated carbocycles. The van der Waals surface area contributed by atoms with Gasteiger partial charge in [-0.3, -0.25) is 4.98 Å². The van der Waals surface area contributed by atoms with E-state index in [0.29, 0.717) is 17.1 Å². The van der Waals surface area contributed by atoms with Crippen LogP contribution in [0.15, 0.2) is 48.8 Å². The lowest BCUT2D eigenvalue weighted by Crippen LogP contribution is -1.95. The number of carboxylic acids is 1. The number of halogens is 1. The molecular formula is C17H13ClN2O2. The fourth-order valence-corrected chi connectivity index (χ4v) is 2.57. The van der Waals surface area contributed by atoms with Crippen LogP contribution in [0.4, 0.5) is 0 Å². The minimum Gasteiger partial charge on any atom is -0.478 e. The van der Waals surface area contributed by atoms with E-state index in [9.17, 15) is 4.79 Å². The molecule has 110 valence electrons. The highest BCUT2D eigenvalue weighted by atomic mass is 35.5. The van der Waals surface area contributed by atoms with Crippen LogP contribution in [0.3, 0.4) is 0 Å². The summed E-state index contributed by atoms with van der Waals surface area (Å²) in [5, 5.41) is 10.5. The lowest BCUT2D eigenvalue weighted by Gasteiger charge is -2.04. The number of pyridine rings is 1. The lowest BCUT2D eigenvalue weighted by molar-refractivity contribution is -0.131. The SMILES string of the molecule is O=C(O)/C=C/c1ncccc1Cc1c[nH]c2ccc(Cl)cc12. The molecule has 0 spiro atoms. The van der Waals surface area contributed by atoms with Crippen LogP contribution in [0.5, 0.6) is 0 Å². The number of fused-ring (bicyclic) bond motifs is 1. The smallest absolute Gasteiger partial charge is 0.328 e. The number of aliphatic carboxylic acids is 1. The molecule has 0 bridgehead atoms. The van der Waals surface area contributed by atoms with Gasteiger partial charge in [0.15, 0.2) is 0 Å². The number of H-pyrrole nitrogens is 1. The first-order valence-corrected chi connectivity index (χ1v) is 7.11. The molecular weight excluding hydrogens is 300 g/mol. The monoisotopic (exact) mass is 312 g/mol. The molecule has 0 atom stereocenters. The molecule has 2 heterocycles. The zero-order chi connectivity index (χ0) is 15.5. The van der Waals surface area contributed by atoms with Crippen molar-refractivity contribution in [2.75, 3.05) is 0 Å². The van der Waals surface area contributed by atoms with Gasteiger partial charge in [0, 0.05) is 40.8 Å². The number of nitrogens with one attached hydrogen (secondary N) is 1. The molecule has 4 nitrogen and oxygen atoms in total. The van der Waals surface area contributed by atoms with Crippen molar-refractivity contribution in [2.45, 2.75) is 6.42 Å². The van der Waals surface area contributed by atoms with Gasteiger partial charge in [0.1, 0.15) is 0 Å². The molecule has 0 amide bonds. The van der Waals surface area contributed by atoms with Crippen molar-refractivity contribution in [1.29, 1.82) is 0 Å². The van der Waals surface area contributed by atoms with E-state index in [-0.39, 0.29) is 0 Å². The summed E-state index contributed by atoms with van der Waals surface area (Å²) in [5.74, 6) is -0.990. The Morgan fingerprint density at radius 2 is 2.18 bits per heavy atom. The van der Waals surface area contributed by atoms with Crippen molar-refractivity contribution in [3.8, 4) is 0 Å². The first-order valence-electron chi connectivity index (χ1n) is 6.74. The molecule has 2 aromatic heterocycles. The van der Waals surface area contributed by atoms with Gasteiger partial charge in [-0.1, -0.05) is 17.7 Å². The van der Waals surface area contributed by atoms with E-state index in [2.05, 4.69) is 9.97 Å². The Morgan fingerprint density at radius 1 is 1.32 bits per heavy atom. The normalized spacial score (nSPS) is 11.3. The van der Waals surface area contributed by atoms with E-state index >= 15 is 0 Å². The first-order chi connectivity index (χ1) is 10.6. The van der Waals surface area contributed by atoms with Crippen LogP contribution in [-0.2, 0) is 11.2 Å². The van der Waals surface area contributed by atoms with Crippen molar-refractivity contribution in [3.63, 3.8) is 0 Å². The van der Waals surface area contributed by atoms with Gasteiger partial charge in [0.2, 0.25) is 0 Å². The number of benzene rings is 1. The summed E-state index contributed by atoms with van der Waals surface area (Å²) in [4.78, 5) is 18.1. The minimum atomic E-state index is -0.990. The predicted octanol–water partition coefficient (Wildman–Crippen LogP) is 3.90.